The van der Waals surface area contributed by atoms with Crippen molar-refractivity contribution in [3.05, 3.63) is 12.2 Å². The van der Waals surface area contributed by atoms with Gasteiger partial charge in [0.25, 0.3) is 0 Å². The molecule has 9 heteroatoms. The summed E-state index contributed by atoms with van der Waals surface area (Å²) >= 11 is 0. The van der Waals surface area contributed by atoms with Gasteiger partial charge < -0.3 is 23.7 Å². The first kappa shape index (κ1) is 28.0. The zero-order valence-corrected chi connectivity index (χ0v) is 20.7. The highest BCUT2D eigenvalue weighted by Crippen LogP contribution is 2.48. The number of carbonyl (C=O) groups excluding carboxylic acids is 4. The molecule has 0 bridgehead atoms. The Kier molecular flexibility index (Phi) is 11.2. The molecule has 0 N–H and O–H groups in total. The maximum atomic E-state index is 13.4. The lowest BCUT2D eigenvalue weighted by Gasteiger charge is -2.29. The van der Waals surface area contributed by atoms with Gasteiger partial charge in [-0.05, 0) is 32.1 Å². The van der Waals surface area contributed by atoms with Crippen LogP contribution in [0, 0.1) is 17.3 Å². The van der Waals surface area contributed by atoms with Crippen LogP contribution in [-0.4, -0.2) is 64.0 Å². The quantitative estimate of drug-likeness (QED) is 0.136. The molecule has 9 nitrogen and oxygen atoms in total. The normalized spacial score (nSPS) is 28.0. The molecule has 0 radical (unpaired) electrons. The number of hydrogen-bond acceptors (Lipinski definition) is 9. The zero-order valence-electron chi connectivity index (χ0n) is 20.7. The Morgan fingerprint density at radius 1 is 1.12 bits per heavy atom. The third-order valence-electron chi connectivity index (χ3n) is 6.68. The highest BCUT2D eigenvalue weighted by molar-refractivity contribution is 6.15. The number of unbranched alkanes of at least 4 members (excludes halogenated alkanes) is 2. The van der Waals surface area contributed by atoms with E-state index < -0.39 is 47.4 Å². The molecule has 2 aliphatic rings. The lowest BCUT2D eigenvalue weighted by Crippen LogP contribution is -2.45. The van der Waals surface area contributed by atoms with Gasteiger partial charge in [0.05, 0.1) is 33.9 Å². The van der Waals surface area contributed by atoms with Crippen LogP contribution in [0.25, 0.3) is 0 Å². The fraction of sp³-hybridized carbons (Fsp3) is 0.760. The van der Waals surface area contributed by atoms with Gasteiger partial charge in [-0.15, -0.1) is 0 Å². The Hall–Kier alpha value is -2.26. The minimum absolute atomic E-state index is 0.0235. The van der Waals surface area contributed by atoms with Crippen LogP contribution in [0.2, 0.25) is 0 Å². The summed E-state index contributed by atoms with van der Waals surface area (Å²) in [6.07, 6.45) is 9.04. The van der Waals surface area contributed by atoms with Crippen LogP contribution in [0.1, 0.15) is 64.7 Å². The van der Waals surface area contributed by atoms with Gasteiger partial charge >= 0.3 is 17.9 Å². The average Bonchev–Trinajstić information content (AvgIpc) is 3.13. The molecule has 1 saturated carbocycles. The van der Waals surface area contributed by atoms with Crippen molar-refractivity contribution in [2.75, 3.05) is 27.9 Å². The maximum Gasteiger partial charge on any atom is 0.320 e. The second-order valence-electron chi connectivity index (χ2n) is 8.85. The molecule has 0 aromatic carbocycles. The summed E-state index contributed by atoms with van der Waals surface area (Å²) in [5.74, 6) is -4.99. The van der Waals surface area contributed by atoms with Crippen molar-refractivity contribution in [3.63, 3.8) is 0 Å². The second kappa shape index (κ2) is 13.6. The van der Waals surface area contributed by atoms with Crippen LogP contribution in [0.5, 0.6) is 0 Å². The molecule has 2 rings (SSSR count). The molecule has 0 spiro atoms. The molecular formula is C25H38O9. The molecule has 0 amide bonds. The van der Waals surface area contributed by atoms with Gasteiger partial charge in [-0.1, -0.05) is 38.3 Å². The highest BCUT2D eigenvalue weighted by atomic mass is 16.7. The minimum atomic E-state index is -1.87. The molecule has 5 unspecified atom stereocenters. The summed E-state index contributed by atoms with van der Waals surface area (Å²) in [5, 5.41) is 0. The minimum Gasteiger partial charge on any atom is -0.469 e. The van der Waals surface area contributed by atoms with E-state index in [1.54, 1.807) is 6.08 Å². The van der Waals surface area contributed by atoms with Crippen LogP contribution < -0.4 is 0 Å². The fourth-order valence-electron chi connectivity index (χ4n) is 4.75. The Labute approximate surface area is 201 Å². The Balaban J connectivity index is 2.36. The summed E-state index contributed by atoms with van der Waals surface area (Å²) in [7, 11) is 3.51. The van der Waals surface area contributed by atoms with E-state index in [1.165, 1.54) is 14.2 Å². The third kappa shape index (κ3) is 6.66. The first-order valence-corrected chi connectivity index (χ1v) is 12.1. The number of ether oxygens (including phenoxy) is 5. The summed E-state index contributed by atoms with van der Waals surface area (Å²) in [5.41, 5.74) is -1.87. The van der Waals surface area contributed by atoms with Crippen LogP contribution >= 0.6 is 0 Å². The number of rotatable bonds is 12. The molecule has 1 aliphatic carbocycles. The van der Waals surface area contributed by atoms with E-state index in [0.717, 1.165) is 52.1 Å². The average molecular weight is 483 g/mol. The van der Waals surface area contributed by atoms with E-state index in [1.807, 2.05) is 6.08 Å². The number of esters is 3. The molecule has 0 aromatic rings. The second-order valence-corrected chi connectivity index (χ2v) is 8.85. The molecule has 2 fully saturated rings. The Morgan fingerprint density at radius 2 is 1.88 bits per heavy atom. The van der Waals surface area contributed by atoms with Gasteiger partial charge in [0.1, 0.15) is 11.3 Å². The van der Waals surface area contributed by atoms with Crippen LogP contribution in [-0.2, 0) is 42.9 Å². The number of hydrogen-bond donors (Lipinski definition) is 0. The number of methoxy groups -OCH3 is 3. The summed E-state index contributed by atoms with van der Waals surface area (Å²) in [6, 6.07) is 0. The topological polar surface area (TPSA) is 114 Å². The lowest BCUT2D eigenvalue weighted by atomic mass is 9.73. The van der Waals surface area contributed by atoms with E-state index in [4.69, 9.17) is 23.7 Å². The largest absolute Gasteiger partial charge is 0.469 e. The first-order valence-electron chi connectivity index (χ1n) is 12.1. The summed E-state index contributed by atoms with van der Waals surface area (Å²) in [6.45, 7) is 2.77. The van der Waals surface area contributed by atoms with E-state index in [2.05, 4.69) is 6.92 Å². The van der Waals surface area contributed by atoms with Crippen molar-refractivity contribution >= 4 is 23.7 Å². The van der Waals surface area contributed by atoms with Crippen molar-refractivity contribution in [1.82, 2.24) is 0 Å². The van der Waals surface area contributed by atoms with Gasteiger partial charge in [-0.2, -0.15) is 0 Å². The van der Waals surface area contributed by atoms with Gasteiger partial charge in [-0.25, -0.2) is 0 Å². The van der Waals surface area contributed by atoms with Gasteiger partial charge in [0, 0.05) is 12.5 Å². The molecule has 1 aliphatic heterocycles. The number of carbonyl (C=O) groups is 4. The molecular weight excluding hydrogens is 444 g/mol. The van der Waals surface area contributed by atoms with E-state index in [9.17, 15) is 19.2 Å². The zero-order chi connectivity index (χ0) is 25.1. The predicted octanol–water partition coefficient (Wildman–Crippen LogP) is 3.14. The molecule has 0 aromatic heterocycles. The third-order valence-corrected chi connectivity index (χ3v) is 6.68. The molecule has 1 heterocycles. The first-order chi connectivity index (χ1) is 16.3. The van der Waals surface area contributed by atoms with Gasteiger partial charge in [0.2, 0.25) is 0 Å². The highest BCUT2D eigenvalue weighted by Gasteiger charge is 2.62. The Bertz CT molecular complexity index is 741. The van der Waals surface area contributed by atoms with Crippen LogP contribution in [0.15, 0.2) is 12.2 Å². The van der Waals surface area contributed by atoms with Crippen molar-refractivity contribution < 1.29 is 42.9 Å². The predicted molar refractivity (Wildman–Crippen MR) is 121 cm³/mol. The standard InChI is InChI=1S/C25H38O9/c1-5-6-7-10-18(34-21-11-8-9-14-33-21)13-12-17-15-19(23(28)31-3)22(27)25(17,24(29)32-4)16-20(26)30-2/h12-13,17-19,21H,5-11,14-16H2,1-4H3. The molecule has 5 atom stereocenters. The number of Topliss-reactive ketones (excluding diaryl/α,β-unsaturated/α-hetero) is 1. The van der Waals surface area contributed by atoms with Crippen molar-refractivity contribution in [2.45, 2.75) is 77.1 Å². The number of ketones is 1. The lowest BCUT2D eigenvalue weighted by molar-refractivity contribution is -0.179. The van der Waals surface area contributed by atoms with Crippen molar-refractivity contribution in [2.24, 2.45) is 17.3 Å². The van der Waals surface area contributed by atoms with E-state index in [0.29, 0.717) is 6.61 Å². The smallest absolute Gasteiger partial charge is 0.320 e. The van der Waals surface area contributed by atoms with Crippen LogP contribution in [0.4, 0.5) is 0 Å². The summed E-state index contributed by atoms with van der Waals surface area (Å²) in [4.78, 5) is 50.9. The monoisotopic (exact) mass is 482 g/mol. The van der Waals surface area contributed by atoms with Crippen molar-refractivity contribution in [1.29, 1.82) is 0 Å². The number of allylic oxidation sites excluding steroid dienone is 1. The fourth-order valence-corrected chi connectivity index (χ4v) is 4.75. The Morgan fingerprint density at radius 3 is 2.47 bits per heavy atom. The summed E-state index contributed by atoms with van der Waals surface area (Å²) < 4.78 is 26.4. The maximum absolute atomic E-state index is 13.4. The molecule has 34 heavy (non-hydrogen) atoms. The van der Waals surface area contributed by atoms with E-state index in [-0.39, 0.29) is 18.8 Å². The van der Waals surface area contributed by atoms with Gasteiger partial charge in [-0.3, -0.25) is 19.2 Å². The van der Waals surface area contributed by atoms with E-state index >= 15 is 0 Å². The SMILES string of the molecule is CCCCCC(C=CC1CC(C(=O)OC)C(=O)C1(CC(=O)OC)C(=O)OC)OC1CCCCO1. The van der Waals surface area contributed by atoms with Crippen LogP contribution in [0.3, 0.4) is 0 Å². The molecule has 1 saturated heterocycles. The molecule has 192 valence electrons. The van der Waals surface area contributed by atoms with Gasteiger partial charge in [0.15, 0.2) is 12.1 Å². The van der Waals surface area contributed by atoms with Crippen molar-refractivity contribution in [3.8, 4) is 0 Å².